The molecule has 0 spiro atoms. The number of aromatic nitrogens is 3. The number of nitrogens with two attached hydrogens (primary N) is 1. The fourth-order valence-electron chi connectivity index (χ4n) is 5.56. The van der Waals surface area contributed by atoms with Crippen LogP contribution in [0.25, 0.3) is 22.2 Å². The van der Waals surface area contributed by atoms with E-state index in [1.165, 1.54) is 19.2 Å². The van der Waals surface area contributed by atoms with Crippen LogP contribution in [0.4, 0.5) is 17.6 Å². The van der Waals surface area contributed by atoms with Gasteiger partial charge in [-0.25, -0.2) is 22.5 Å². The maximum atomic E-state index is 16.1. The zero-order valence-electron chi connectivity index (χ0n) is 25.0. The molecule has 14 heteroatoms. The number of hydrogen-bond donors (Lipinski definition) is 3. The maximum Gasteiger partial charge on any atom is 0.251 e. The molecule has 2 amide bonds. The number of aliphatic hydroxyl groups is 1. The van der Waals surface area contributed by atoms with Crippen LogP contribution in [0.2, 0.25) is 0 Å². The van der Waals surface area contributed by atoms with Crippen molar-refractivity contribution >= 4 is 22.7 Å². The molecule has 10 nitrogen and oxygen atoms in total. The Morgan fingerprint density at radius 2 is 1.91 bits per heavy atom. The number of methoxy groups -OCH3 is 1. The highest BCUT2D eigenvalue weighted by Crippen LogP contribution is 2.54. The molecule has 0 aliphatic heterocycles. The van der Waals surface area contributed by atoms with E-state index >= 15 is 8.78 Å². The van der Waals surface area contributed by atoms with Gasteiger partial charge < -0.3 is 25.6 Å². The number of rotatable bonds is 12. The first-order valence-electron chi connectivity index (χ1n) is 14.7. The summed E-state index contributed by atoms with van der Waals surface area (Å²) in [7, 11) is 1.44. The number of ether oxygens (including phenoxy) is 2. The van der Waals surface area contributed by atoms with Crippen molar-refractivity contribution in [2.45, 2.75) is 56.3 Å². The van der Waals surface area contributed by atoms with E-state index in [1.54, 1.807) is 13.0 Å². The van der Waals surface area contributed by atoms with E-state index in [0.29, 0.717) is 22.7 Å². The van der Waals surface area contributed by atoms with Gasteiger partial charge in [-0.1, -0.05) is 0 Å². The number of nitrogens with one attached hydrogen (secondary N) is 1. The lowest BCUT2D eigenvalue weighted by Crippen LogP contribution is -2.49. The Hall–Kier alpha value is -4.72. The van der Waals surface area contributed by atoms with Crippen molar-refractivity contribution in [3.05, 3.63) is 70.8 Å². The zero-order valence-corrected chi connectivity index (χ0v) is 25.0. The summed E-state index contributed by atoms with van der Waals surface area (Å²) >= 11 is 0. The molecule has 46 heavy (non-hydrogen) atoms. The summed E-state index contributed by atoms with van der Waals surface area (Å²) in [5.41, 5.74) is 0.0202. The van der Waals surface area contributed by atoms with Crippen molar-refractivity contribution in [3.8, 4) is 22.8 Å². The molecule has 2 heterocycles. The number of carbonyl (C=O) groups is 2. The quantitative estimate of drug-likeness (QED) is 0.154. The van der Waals surface area contributed by atoms with Gasteiger partial charge in [0.1, 0.15) is 28.4 Å². The minimum Gasteiger partial charge on any atom is -0.494 e. The van der Waals surface area contributed by atoms with E-state index < -0.39 is 70.5 Å². The molecule has 2 aliphatic carbocycles. The molecule has 2 aromatic heterocycles. The van der Waals surface area contributed by atoms with Crippen molar-refractivity contribution in [2.24, 2.45) is 5.73 Å². The first-order chi connectivity index (χ1) is 21.9. The molecule has 4 aromatic rings. The lowest BCUT2D eigenvalue weighted by Gasteiger charge is -2.33. The van der Waals surface area contributed by atoms with Crippen LogP contribution >= 0.6 is 0 Å². The predicted molar refractivity (Wildman–Crippen MR) is 157 cm³/mol. The summed E-state index contributed by atoms with van der Waals surface area (Å²) < 4.78 is 72.3. The van der Waals surface area contributed by atoms with Gasteiger partial charge in [-0.05, 0) is 62.9 Å². The summed E-state index contributed by atoms with van der Waals surface area (Å²) in [6, 6.07) is 6.14. The summed E-state index contributed by atoms with van der Waals surface area (Å²) in [6.45, 7) is 0.885. The average molecular weight is 642 g/mol. The fourth-order valence-corrected chi connectivity index (χ4v) is 5.56. The average Bonchev–Trinajstić information content (AvgIpc) is 3.97. The number of amides is 2. The van der Waals surface area contributed by atoms with Gasteiger partial charge in [0.05, 0.1) is 38.4 Å². The number of nitrogens with zero attached hydrogens (tertiary/aromatic N) is 3. The Bertz CT molecular complexity index is 1870. The van der Waals surface area contributed by atoms with Crippen molar-refractivity contribution in [1.82, 2.24) is 20.1 Å². The third-order valence-corrected chi connectivity index (χ3v) is 8.35. The molecular formula is C32H31F4N5O5. The van der Waals surface area contributed by atoms with E-state index in [9.17, 15) is 23.5 Å². The molecule has 2 saturated carbocycles. The van der Waals surface area contributed by atoms with Gasteiger partial charge in [0.2, 0.25) is 5.91 Å². The second-order valence-corrected chi connectivity index (χ2v) is 11.6. The summed E-state index contributed by atoms with van der Waals surface area (Å²) in [5, 5.41) is 19.7. The zero-order chi connectivity index (χ0) is 33.0. The second kappa shape index (κ2) is 11.6. The molecule has 2 aliphatic rings. The highest BCUT2D eigenvalue weighted by molar-refractivity contribution is 6.00. The SMILES string of the molecule is CCOc1c(CC(N)=O)cc([C@@](O)(CNC(=O)c2cc(OC)c3nn(C4CC4)cc3c2)C2(F)CC2)nc1-c1ccc(F)c(F)c1F. The van der Waals surface area contributed by atoms with Crippen LogP contribution in [0, 0.1) is 17.5 Å². The number of fused-ring (bicyclic) bond motifs is 1. The number of pyridine rings is 1. The van der Waals surface area contributed by atoms with Crippen LogP contribution in [-0.2, 0) is 16.8 Å². The second-order valence-electron chi connectivity index (χ2n) is 11.6. The molecule has 0 saturated heterocycles. The van der Waals surface area contributed by atoms with Gasteiger partial charge in [0, 0.05) is 28.3 Å². The van der Waals surface area contributed by atoms with Crippen LogP contribution in [-0.4, -0.2) is 57.6 Å². The van der Waals surface area contributed by atoms with Gasteiger partial charge in [-0.3, -0.25) is 14.3 Å². The lowest BCUT2D eigenvalue weighted by atomic mass is 9.88. The Morgan fingerprint density at radius 3 is 2.54 bits per heavy atom. The number of hydrogen-bond acceptors (Lipinski definition) is 7. The molecule has 242 valence electrons. The molecule has 2 fully saturated rings. The van der Waals surface area contributed by atoms with Gasteiger partial charge in [-0.2, -0.15) is 5.10 Å². The molecule has 1 atom stereocenters. The van der Waals surface area contributed by atoms with E-state index in [1.807, 2.05) is 10.9 Å². The Balaban J connectivity index is 1.41. The van der Waals surface area contributed by atoms with E-state index in [-0.39, 0.29) is 42.4 Å². The van der Waals surface area contributed by atoms with Crippen molar-refractivity contribution < 1.29 is 41.7 Å². The van der Waals surface area contributed by atoms with Crippen LogP contribution in [0.3, 0.4) is 0 Å². The maximum absolute atomic E-state index is 16.1. The van der Waals surface area contributed by atoms with Crippen LogP contribution in [0.1, 0.15) is 60.3 Å². The number of carbonyl (C=O) groups excluding carboxylic acids is 2. The van der Waals surface area contributed by atoms with Crippen LogP contribution in [0.5, 0.6) is 11.5 Å². The van der Waals surface area contributed by atoms with Gasteiger partial charge in [-0.15, -0.1) is 0 Å². The predicted octanol–water partition coefficient (Wildman–Crippen LogP) is 4.41. The third-order valence-electron chi connectivity index (χ3n) is 8.35. The highest BCUT2D eigenvalue weighted by Gasteiger charge is 2.62. The van der Waals surface area contributed by atoms with Crippen molar-refractivity contribution in [1.29, 1.82) is 0 Å². The molecule has 0 unspecified atom stereocenters. The first-order valence-corrected chi connectivity index (χ1v) is 14.7. The van der Waals surface area contributed by atoms with Gasteiger partial charge in [0.25, 0.3) is 5.91 Å². The molecule has 4 N–H and O–H groups in total. The summed E-state index contributed by atoms with van der Waals surface area (Å²) in [5.74, 6) is -6.20. The minimum absolute atomic E-state index is 0.00431. The normalized spacial score (nSPS) is 16.6. The topological polar surface area (TPSA) is 142 Å². The van der Waals surface area contributed by atoms with E-state index in [0.717, 1.165) is 18.9 Å². The van der Waals surface area contributed by atoms with Crippen LogP contribution in [0.15, 0.2) is 36.5 Å². The number of primary amides is 1. The lowest BCUT2D eigenvalue weighted by molar-refractivity contribution is -0.117. The Morgan fingerprint density at radius 1 is 1.17 bits per heavy atom. The molecule has 2 aromatic carbocycles. The molecule has 6 rings (SSSR count). The Kier molecular flexibility index (Phi) is 7.87. The minimum atomic E-state index is -2.51. The molecular weight excluding hydrogens is 610 g/mol. The van der Waals surface area contributed by atoms with Crippen LogP contribution < -0.4 is 20.5 Å². The monoisotopic (exact) mass is 641 g/mol. The standard InChI is InChI=1S/C32H31F4N5O5/c1-3-46-29-16(13-24(37)42)12-23(39-28(29)20-6-7-21(33)26(35)25(20)34)32(44,31(36)8-9-31)15-38-30(43)17-10-18-14-41(19-4-5-19)40-27(18)22(11-17)45-2/h6-7,10-12,14,19,44H,3-5,8-9,13,15H2,1-2H3,(H2,37,42)(H,38,43)/t32-/m0/s1. The number of alkyl halides is 1. The Labute approximate surface area is 260 Å². The smallest absolute Gasteiger partial charge is 0.251 e. The van der Waals surface area contributed by atoms with Gasteiger partial charge >= 0.3 is 0 Å². The molecule has 0 radical (unpaired) electrons. The van der Waals surface area contributed by atoms with E-state index in [2.05, 4.69) is 15.4 Å². The summed E-state index contributed by atoms with van der Waals surface area (Å²) in [4.78, 5) is 29.8. The number of halogens is 4. The molecule has 0 bridgehead atoms. The van der Waals surface area contributed by atoms with Gasteiger partial charge in [0.15, 0.2) is 23.1 Å². The summed E-state index contributed by atoms with van der Waals surface area (Å²) in [6.07, 6.45) is 3.10. The highest BCUT2D eigenvalue weighted by atomic mass is 19.2. The largest absolute Gasteiger partial charge is 0.494 e. The fraction of sp³-hybridized carbons (Fsp3) is 0.375. The number of benzene rings is 2. The van der Waals surface area contributed by atoms with E-state index in [4.69, 9.17) is 15.2 Å². The van der Waals surface area contributed by atoms with Crippen molar-refractivity contribution in [3.63, 3.8) is 0 Å². The first kappa shape index (κ1) is 31.3. The van der Waals surface area contributed by atoms with Crippen molar-refractivity contribution in [2.75, 3.05) is 20.3 Å². The third kappa shape index (κ3) is 5.50.